The van der Waals surface area contributed by atoms with E-state index in [-0.39, 0.29) is 22.6 Å². The zero-order valence-corrected chi connectivity index (χ0v) is 12.3. The molecule has 2 rings (SSSR count). The molecule has 2 aromatic rings. The fourth-order valence-corrected chi connectivity index (χ4v) is 1.87. The van der Waals surface area contributed by atoms with Crippen molar-refractivity contribution in [1.82, 2.24) is 0 Å². The molecule has 0 saturated carbocycles. The SMILES string of the molecule is COc1ccc(C(=NOC(C)=O)c2cc(F)ccc2F)c(O)c1. The highest BCUT2D eigenvalue weighted by molar-refractivity contribution is 6.14. The molecule has 0 aliphatic carbocycles. The number of hydrogen-bond donors (Lipinski definition) is 1. The lowest BCUT2D eigenvalue weighted by Gasteiger charge is -2.10. The van der Waals surface area contributed by atoms with E-state index in [2.05, 4.69) is 9.99 Å². The van der Waals surface area contributed by atoms with Gasteiger partial charge >= 0.3 is 5.97 Å². The van der Waals surface area contributed by atoms with Crippen LogP contribution in [0.2, 0.25) is 0 Å². The molecular weight excluding hydrogens is 308 g/mol. The number of rotatable bonds is 4. The fourth-order valence-electron chi connectivity index (χ4n) is 1.87. The summed E-state index contributed by atoms with van der Waals surface area (Å²) in [6, 6.07) is 6.90. The van der Waals surface area contributed by atoms with Crippen LogP contribution in [0.3, 0.4) is 0 Å². The van der Waals surface area contributed by atoms with E-state index in [1.807, 2.05) is 0 Å². The third kappa shape index (κ3) is 3.82. The molecule has 23 heavy (non-hydrogen) atoms. The molecule has 1 N–H and O–H groups in total. The highest BCUT2D eigenvalue weighted by Gasteiger charge is 2.18. The predicted molar refractivity (Wildman–Crippen MR) is 78.4 cm³/mol. The summed E-state index contributed by atoms with van der Waals surface area (Å²) in [5, 5.41) is 13.6. The molecule has 5 nitrogen and oxygen atoms in total. The van der Waals surface area contributed by atoms with Crippen molar-refractivity contribution < 1.29 is 28.3 Å². The molecule has 7 heteroatoms. The standard InChI is InChI=1S/C16H13F2NO4/c1-9(20)23-19-16(13-7-10(17)3-6-14(13)18)12-5-4-11(22-2)8-15(12)21/h3-8,21H,1-2H3. The molecule has 0 radical (unpaired) electrons. The zero-order chi connectivity index (χ0) is 17.0. The highest BCUT2D eigenvalue weighted by atomic mass is 19.1. The molecule has 2 aromatic carbocycles. The summed E-state index contributed by atoms with van der Waals surface area (Å²) in [5.41, 5.74) is -0.430. The van der Waals surface area contributed by atoms with E-state index < -0.39 is 17.6 Å². The molecule has 0 aliphatic rings. The third-order valence-electron chi connectivity index (χ3n) is 2.91. The van der Waals surface area contributed by atoms with Crippen molar-refractivity contribution in [3.05, 3.63) is 59.2 Å². The van der Waals surface area contributed by atoms with Crippen LogP contribution in [0.1, 0.15) is 18.1 Å². The summed E-state index contributed by atoms with van der Waals surface area (Å²) in [5.74, 6) is -2.17. The van der Waals surface area contributed by atoms with Crippen molar-refractivity contribution in [1.29, 1.82) is 0 Å². The summed E-state index contributed by atoms with van der Waals surface area (Å²) in [4.78, 5) is 15.5. The minimum atomic E-state index is -0.785. The minimum absolute atomic E-state index is 0.0524. The lowest BCUT2D eigenvalue weighted by Crippen LogP contribution is -2.09. The molecule has 0 saturated heterocycles. The number of carbonyl (C=O) groups is 1. The fraction of sp³-hybridized carbons (Fsp3) is 0.125. The van der Waals surface area contributed by atoms with Gasteiger partial charge in [0, 0.05) is 24.1 Å². The van der Waals surface area contributed by atoms with Gasteiger partial charge < -0.3 is 14.7 Å². The molecule has 0 aliphatic heterocycles. The monoisotopic (exact) mass is 321 g/mol. The third-order valence-corrected chi connectivity index (χ3v) is 2.91. The normalized spacial score (nSPS) is 11.2. The van der Waals surface area contributed by atoms with Gasteiger partial charge in [-0.2, -0.15) is 0 Å². The molecule has 120 valence electrons. The van der Waals surface area contributed by atoms with Crippen molar-refractivity contribution >= 4 is 11.7 Å². The Morgan fingerprint density at radius 2 is 1.87 bits per heavy atom. The van der Waals surface area contributed by atoms with Crippen LogP contribution in [0, 0.1) is 11.6 Å². The van der Waals surface area contributed by atoms with Crippen LogP contribution in [0.15, 0.2) is 41.6 Å². The van der Waals surface area contributed by atoms with Crippen LogP contribution >= 0.6 is 0 Å². The summed E-state index contributed by atoms with van der Waals surface area (Å²) < 4.78 is 32.4. The molecule has 0 aromatic heterocycles. The summed E-state index contributed by atoms with van der Waals surface area (Å²) in [7, 11) is 1.41. The van der Waals surface area contributed by atoms with Gasteiger partial charge in [0.05, 0.1) is 7.11 Å². The average molecular weight is 321 g/mol. The van der Waals surface area contributed by atoms with Gasteiger partial charge in [0.1, 0.15) is 28.8 Å². The van der Waals surface area contributed by atoms with Crippen molar-refractivity contribution in [3.63, 3.8) is 0 Å². The smallest absolute Gasteiger partial charge is 0.332 e. The largest absolute Gasteiger partial charge is 0.507 e. The first-order chi connectivity index (χ1) is 10.9. The summed E-state index contributed by atoms with van der Waals surface area (Å²) in [6.45, 7) is 1.11. The lowest BCUT2D eigenvalue weighted by atomic mass is 10.0. The molecule has 0 unspecified atom stereocenters. The van der Waals surface area contributed by atoms with Gasteiger partial charge in [-0.05, 0) is 30.3 Å². The molecule has 0 bridgehead atoms. The number of halogens is 2. The summed E-state index contributed by atoms with van der Waals surface area (Å²) in [6.07, 6.45) is 0. The number of ether oxygens (including phenoxy) is 1. The number of carbonyl (C=O) groups excluding carboxylic acids is 1. The average Bonchev–Trinajstić information content (AvgIpc) is 2.51. The molecule has 0 spiro atoms. The van der Waals surface area contributed by atoms with E-state index in [0.717, 1.165) is 25.1 Å². The number of aromatic hydroxyl groups is 1. The Hall–Kier alpha value is -2.96. The van der Waals surface area contributed by atoms with Crippen molar-refractivity contribution in [2.24, 2.45) is 5.16 Å². The molecule has 0 amide bonds. The van der Waals surface area contributed by atoms with E-state index in [1.54, 1.807) is 0 Å². The first-order valence-corrected chi connectivity index (χ1v) is 6.50. The predicted octanol–water partition coefficient (Wildman–Crippen LogP) is 2.99. The van der Waals surface area contributed by atoms with Gasteiger partial charge in [-0.3, -0.25) is 0 Å². The summed E-state index contributed by atoms with van der Waals surface area (Å²) >= 11 is 0. The maximum Gasteiger partial charge on any atom is 0.332 e. The van der Waals surface area contributed by atoms with Crippen LogP contribution in [0.25, 0.3) is 0 Å². The number of phenols is 1. The number of oxime groups is 1. The lowest BCUT2D eigenvalue weighted by molar-refractivity contribution is -0.140. The van der Waals surface area contributed by atoms with E-state index in [1.165, 1.54) is 25.3 Å². The van der Waals surface area contributed by atoms with Gasteiger partial charge in [-0.1, -0.05) is 5.16 Å². The van der Waals surface area contributed by atoms with E-state index >= 15 is 0 Å². The van der Waals surface area contributed by atoms with Gasteiger partial charge in [0.2, 0.25) is 0 Å². The first-order valence-electron chi connectivity index (χ1n) is 6.50. The van der Waals surface area contributed by atoms with Gasteiger partial charge in [-0.15, -0.1) is 0 Å². The molecule has 0 fully saturated rings. The second-order valence-electron chi connectivity index (χ2n) is 4.53. The number of phenolic OH excluding ortho intramolecular Hbond substituents is 1. The van der Waals surface area contributed by atoms with Crippen LogP contribution < -0.4 is 4.74 Å². The Kier molecular flexibility index (Phi) is 4.90. The molecular formula is C16H13F2NO4. The Bertz CT molecular complexity index is 775. The van der Waals surface area contributed by atoms with Crippen LogP contribution in [-0.4, -0.2) is 23.9 Å². The van der Waals surface area contributed by atoms with E-state index in [9.17, 15) is 18.7 Å². The number of nitrogens with zero attached hydrogens (tertiary/aromatic N) is 1. The Morgan fingerprint density at radius 3 is 2.48 bits per heavy atom. The number of benzene rings is 2. The van der Waals surface area contributed by atoms with E-state index in [4.69, 9.17) is 4.74 Å². The maximum absolute atomic E-state index is 14.0. The minimum Gasteiger partial charge on any atom is -0.507 e. The second kappa shape index (κ2) is 6.87. The topological polar surface area (TPSA) is 68.1 Å². The van der Waals surface area contributed by atoms with Crippen molar-refractivity contribution in [3.8, 4) is 11.5 Å². The van der Waals surface area contributed by atoms with Crippen LogP contribution in [0.5, 0.6) is 11.5 Å². The Labute approximate surface area is 130 Å². The molecule has 0 atom stereocenters. The Morgan fingerprint density at radius 1 is 1.13 bits per heavy atom. The highest BCUT2D eigenvalue weighted by Crippen LogP contribution is 2.27. The number of methoxy groups -OCH3 is 1. The second-order valence-corrected chi connectivity index (χ2v) is 4.53. The van der Waals surface area contributed by atoms with Crippen molar-refractivity contribution in [2.45, 2.75) is 6.92 Å². The van der Waals surface area contributed by atoms with E-state index in [0.29, 0.717) is 5.75 Å². The zero-order valence-electron chi connectivity index (χ0n) is 12.3. The number of hydrogen-bond acceptors (Lipinski definition) is 5. The van der Waals surface area contributed by atoms with Gasteiger partial charge in [-0.25, -0.2) is 13.6 Å². The first kappa shape index (κ1) is 16.4. The van der Waals surface area contributed by atoms with Gasteiger partial charge in [0.15, 0.2) is 0 Å². The molecule has 0 heterocycles. The van der Waals surface area contributed by atoms with Crippen molar-refractivity contribution in [2.75, 3.05) is 7.11 Å². The Balaban J connectivity index is 2.61. The quantitative estimate of drug-likeness (QED) is 0.534. The van der Waals surface area contributed by atoms with Gasteiger partial charge in [0.25, 0.3) is 0 Å². The maximum atomic E-state index is 14.0. The van der Waals surface area contributed by atoms with Crippen LogP contribution in [-0.2, 0) is 9.63 Å². The van der Waals surface area contributed by atoms with Crippen LogP contribution in [0.4, 0.5) is 8.78 Å².